The minimum Gasteiger partial charge on any atom is -0.352 e. The summed E-state index contributed by atoms with van der Waals surface area (Å²) in [5, 5.41) is 3.60. The van der Waals surface area contributed by atoms with Crippen LogP contribution in [0.2, 0.25) is 0 Å². The summed E-state index contributed by atoms with van der Waals surface area (Å²) in [7, 11) is 0. The number of para-hydroxylation sites is 1. The number of rotatable bonds is 2. The van der Waals surface area contributed by atoms with Crippen LogP contribution in [0.5, 0.6) is 0 Å². The number of benzene rings is 1. The molecule has 0 fully saturated rings. The van der Waals surface area contributed by atoms with E-state index in [4.69, 9.17) is 5.73 Å². The number of amides is 2. The normalized spacial score (nSPS) is 10.1. The molecule has 76 valence electrons. The maximum Gasteiger partial charge on any atom is 0.312 e. The molecule has 0 aliphatic heterocycles. The summed E-state index contributed by atoms with van der Waals surface area (Å²) >= 11 is 0. The average Bonchev–Trinajstić information content (AvgIpc) is 2.26. The fraction of sp³-hybridized carbons (Fsp3) is 0.0909. The fourth-order valence-electron chi connectivity index (χ4n) is 1.49. The zero-order valence-electron chi connectivity index (χ0n) is 8.10. The first-order chi connectivity index (χ1) is 7.27. The molecule has 0 spiro atoms. The Kier molecular flexibility index (Phi) is 2.49. The highest BCUT2D eigenvalue weighted by Gasteiger charge is 2.01. The van der Waals surface area contributed by atoms with Crippen molar-refractivity contribution in [2.45, 2.75) is 6.54 Å². The number of primary amides is 1. The Bertz CT molecular complexity index is 491. The quantitative estimate of drug-likeness (QED) is 0.771. The maximum atomic E-state index is 10.6. The number of urea groups is 1. The first kappa shape index (κ1) is 9.45. The van der Waals surface area contributed by atoms with Crippen molar-refractivity contribution in [3.05, 3.63) is 42.1 Å². The first-order valence-corrected chi connectivity index (χ1v) is 4.63. The number of pyridine rings is 1. The summed E-state index contributed by atoms with van der Waals surface area (Å²) < 4.78 is 0. The van der Waals surface area contributed by atoms with E-state index in [9.17, 15) is 4.79 Å². The second kappa shape index (κ2) is 3.96. The molecule has 3 N–H and O–H groups in total. The van der Waals surface area contributed by atoms with E-state index in [0.717, 1.165) is 16.5 Å². The number of hydrogen-bond acceptors (Lipinski definition) is 2. The monoisotopic (exact) mass is 201 g/mol. The molecular weight excluding hydrogens is 190 g/mol. The second-order valence-corrected chi connectivity index (χ2v) is 3.21. The zero-order chi connectivity index (χ0) is 10.7. The molecule has 4 nitrogen and oxygen atoms in total. The number of nitrogens with two attached hydrogens (primary N) is 1. The van der Waals surface area contributed by atoms with Crippen molar-refractivity contribution in [1.29, 1.82) is 0 Å². The number of nitrogens with one attached hydrogen (secondary N) is 1. The van der Waals surface area contributed by atoms with Crippen LogP contribution in [0.25, 0.3) is 10.9 Å². The van der Waals surface area contributed by atoms with E-state index in [2.05, 4.69) is 10.3 Å². The molecule has 0 radical (unpaired) electrons. The lowest BCUT2D eigenvalue weighted by atomic mass is 10.1. The summed E-state index contributed by atoms with van der Waals surface area (Å²) in [6.07, 6.45) is 1.72. The smallest absolute Gasteiger partial charge is 0.312 e. The Morgan fingerprint density at radius 1 is 1.33 bits per heavy atom. The van der Waals surface area contributed by atoms with Gasteiger partial charge in [-0.05, 0) is 17.7 Å². The van der Waals surface area contributed by atoms with Crippen molar-refractivity contribution < 1.29 is 4.79 Å². The minimum absolute atomic E-state index is 0.429. The Morgan fingerprint density at radius 2 is 2.13 bits per heavy atom. The van der Waals surface area contributed by atoms with Crippen LogP contribution >= 0.6 is 0 Å². The van der Waals surface area contributed by atoms with Crippen LogP contribution in [0.1, 0.15) is 5.56 Å². The van der Waals surface area contributed by atoms with Gasteiger partial charge in [-0.2, -0.15) is 0 Å². The van der Waals surface area contributed by atoms with Gasteiger partial charge in [0, 0.05) is 18.1 Å². The number of hydrogen-bond donors (Lipinski definition) is 2. The van der Waals surface area contributed by atoms with Gasteiger partial charge in [-0.15, -0.1) is 0 Å². The Morgan fingerprint density at radius 3 is 2.93 bits per heavy atom. The highest BCUT2D eigenvalue weighted by atomic mass is 16.2. The standard InChI is InChI=1S/C11H11N3O/c12-11(15)14-7-8-5-6-13-10-4-2-1-3-9(8)10/h1-6H,7H2,(H3,12,14,15). The molecule has 2 rings (SSSR count). The van der Waals surface area contributed by atoms with E-state index < -0.39 is 6.03 Å². The van der Waals surface area contributed by atoms with Crippen molar-refractivity contribution in [3.63, 3.8) is 0 Å². The number of nitrogens with zero attached hydrogens (tertiary/aromatic N) is 1. The van der Waals surface area contributed by atoms with Crippen molar-refractivity contribution in [1.82, 2.24) is 10.3 Å². The zero-order valence-corrected chi connectivity index (χ0v) is 8.10. The van der Waals surface area contributed by atoms with Gasteiger partial charge < -0.3 is 11.1 Å². The third-order valence-electron chi connectivity index (χ3n) is 2.19. The lowest BCUT2D eigenvalue weighted by Crippen LogP contribution is -2.28. The third-order valence-corrected chi connectivity index (χ3v) is 2.19. The van der Waals surface area contributed by atoms with Crippen molar-refractivity contribution >= 4 is 16.9 Å². The van der Waals surface area contributed by atoms with E-state index in [1.165, 1.54) is 0 Å². The molecule has 1 aromatic heterocycles. The topological polar surface area (TPSA) is 68.0 Å². The third kappa shape index (κ3) is 2.04. The molecule has 0 aliphatic rings. The molecule has 1 aromatic carbocycles. The molecule has 0 atom stereocenters. The highest BCUT2D eigenvalue weighted by molar-refractivity contribution is 5.82. The van der Waals surface area contributed by atoms with Crippen LogP contribution in [0.15, 0.2) is 36.5 Å². The summed E-state index contributed by atoms with van der Waals surface area (Å²) in [5.74, 6) is 0. The first-order valence-electron chi connectivity index (χ1n) is 4.63. The van der Waals surface area contributed by atoms with Gasteiger partial charge in [0.2, 0.25) is 0 Å². The molecule has 0 aliphatic carbocycles. The van der Waals surface area contributed by atoms with E-state index in [1.54, 1.807) is 6.20 Å². The molecule has 1 heterocycles. The molecule has 15 heavy (non-hydrogen) atoms. The lowest BCUT2D eigenvalue weighted by molar-refractivity contribution is 0.248. The summed E-state index contributed by atoms with van der Waals surface area (Å²) in [6, 6.07) is 9.14. The summed E-state index contributed by atoms with van der Waals surface area (Å²) in [5.41, 5.74) is 6.95. The van der Waals surface area contributed by atoms with Crippen LogP contribution in [0, 0.1) is 0 Å². The molecule has 2 aromatic rings. The number of carbonyl (C=O) groups is 1. The van der Waals surface area contributed by atoms with Crippen LogP contribution in [0.4, 0.5) is 4.79 Å². The van der Waals surface area contributed by atoms with Crippen LogP contribution in [-0.2, 0) is 6.54 Å². The molecule has 0 unspecified atom stereocenters. The SMILES string of the molecule is NC(=O)NCc1ccnc2ccccc12. The van der Waals surface area contributed by atoms with Gasteiger partial charge in [-0.3, -0.25) is 4.98 Å². The number of carbonyl (C=O) groups excluding carboxylic acids is 1. The largest absolute Gasteiger partial charge is 0.352 e. The van der Waals surface area contributed by atoms with Crippen molar-refractivity contribution in [2.75, 3.05) is 0 Å². The van der Waals surface area contributed by atoms with E-state index in [1.807, 2.05) is 30.3 Å². The molecule has 2 amide bonds. The van der Waals surface area contributed by atoms with Crippen LogP contribution in [-0.4, -0.2) is 11.0 Å². The van der Waals surface area contributed by atoms with Crippen LogP contribution in [0.3, 0.4) is 0 Å². The predicted octanol–water partition coefficient (Wildman–Crippen LogP) is 1.40. The molecule has 0 saturated carbocycles. The van der Waals surface area contributed by atoms with E-state index in [-0.39, 0.29) is 0 Å². The number of aromatic nitrogens is 1. The van der Waals surface area contributed by atoms with Gasteiger partial charge in [0.05, 0.1) is 5.52 Å². The second-order valence-electron chi connectivity index (χ2n) is 3.21. The molecular formula is C11H11N3O. The van der Waals surface area contributed by atoms with Gasteiger partial charge in [0.15, 0.2) is 0 Å². The molecule has 0 saturated heterocycles. The summed E-state index contributed by atoms with van der Waals surface area (Å²) in [4.78, 5) is 14.8. The van der Waals surface area contributed by atoms with Crippen molar-refractivity contribution in [2.24, 2.45) is 5.73 Å². The maximum absolute atomic E-state index is 10.6. The van der Waals surface area contributed by atoms with Gasteiger partial charge >= 0.3 is 6.03 Å². The van der Waals surface area contributed by atoms with Crippen LogP contribution < -0.4 is 11.1 Å². The predicted molar refractivity (Wildman–Crippen MR) is 58.2 cm³/mol. The molecule has 0 bridgehead atoms. The number of fused-ring (bicyclic) bond motifs is 1. The summed E-state index contributed by atoms with van der Waals surface area (Å²) in [6.45, 7) is 0.429. The van der Waals surface area contributed by atoms with Gasteiger partial charge in [0.1, 0.15) is 0 Å². The van der Waals surface area contributed by atoms with Gasteiger partial charge in [0.25, 0.3) is 0 Å². The Balaban J connectivity index is 2.38. The minimum atomic E-state index is -0.518. The van der Waals surface area contributed by atoms with Gasteiger partial charge in [-0.1, -0.05) is 18.2 Å². The average molecular weight is 201 g/mol. The Labute approximate surface area is 87.1 Å². The van der Waals surface area contributed by atoms with Gasteiger partial charge in [-0.25, -0.2) is 4.79 Å². The fourth-order valence-corrected chi connectivity index (χ4v) is 1.49. The van der Waals surface area contributed by atoms with E-state index in [0.29, 0.717) is 6.54 Å². The lowest BCUT2D eigenvalue weighted by Gasteiger charge is -2.05. The van der Waals surface area contributed by atoms with Crippen molar-refractivity contribution in [3.8, 4) is 0 Å². The van der Waals surface area contributed by atoms with E-state index >= 15 is 0 Å². The molecule has 4 heteroatoms. The Hall–Kier alpha value is -2.10. The highest BCUT2D eigenvalue weighted by Crippen LogP contribution is 2.15.